The predicted molar refractivity (Wildman–Crippen MR) is 360 cm³/mol. The number of hydrogen-bond acceptors (Lipinski definition) is 8. The number of benzene rings is 8. The van der Waals surface area contributed by atoms with Crippen LogP contribution in [0.2, 0.25) is 0 Å². The molecule has 2 unspecified atom stereocenters. The van der Waals surface area contributed by atoms with Crippen LogP contribution in [0, 0.1) is 0 Å². The highest BCUT2D eigenvalue weighted by molar-refractivity contribution is 7.72. The maximum Gasteiger partial charge on any atom is 0.230 e. The largest absolute Gasteiger partial charge is 0.457 e. The van der Waals surface area contributed by atoms with Gasteiger partial charge in [0.15, 0.2) is 0 Å². The Morgan fingerprint density at radius 1 is 0.284 bits per heavy atom. The fourth-order valence-electron chi connectivity index (χ4n) is 14.6. The molecule has 0 fully saturated rings. The Balaban J connectivity index is 1.17. The highest BCUT2D eigenvalue weighted by Crippen LogP contribution is 2.59. The van der Waals surface area contributed by atoms with Crippen molar-refractivity contribution in [1.29, 1.82) is 0 Å². The quantitative estimate of drug-likeness (QED) is 0.0438. The zero-order valence-corrected chi connectivity index (χ0v) is 53.8. The minimum Gasteiger partial charge on any atom is -0.457 e. The van der Waals surface area contributed by atoms with Gasteiger partial charge in [-0.1, -0.05) is 226 Å². The lowest BCUT2D eigenvalue weighted by molar-refractivity contribution is 0.0968. The third kappa shape index (κ3) is 12.4. The minimum absolute atomic E-state index is 0.00132. The Hall–Kier alpha value is -6.98. The molecule has 8 aromatic rings. The van der Waals surface area contributed by atoms with E-state index in [1.54, 1.807) is 0 Å². The fraction of sp³-hybridized carbons (Fsp3) is 0.385. The van der Waals surface area contributed by atoms with Crippen LogP contribution in [-0.2, 0) is 12.3 Å². The summed E-state index contributed by atoms with van der Waals surface area (Å²) in [4.78, 5) is 0. The van der Waals surface area contributed by atoms with E-state index in [0.717, 1.165) is 160 Å². The molecular formula is C78H86O8P2. The fourth-order valence-corrected chi connectivity index (χ4v) is 19.3. The number of hydrogen-bond donors (Lipinski definition) is 0. The zero-order valence-electron chi connectivity index (χ0n) is 52.0. The van der Waals surface area contributed by atoms with Gasteiger partial charge in [0, 0.05) is 104 Å². The molecule has 1 aliphatic carbocycles. The summed E-state index contributed by atoms with van der Waals surface area (Å²) >= 11 is 0. The topological polar surface area (TPSA) is 73.8 Å². The van der Waals surface area contributed by atoms with Crippen LogP contribution in [0.25, 0.3) is 0 Å². The molecule has 0 amide bonds. The average molecular weight is 1210 g/mol. The van der Waals surface area contributed by atoms with Crippen LogP contribution < -0.4 is 59.1 Å². The molecule has 13 rings (SSSR count). The predicted octanol–water partition coefficient (Wildman–Crippen LogP) is 19.0. The standard InChI is InChI=1S/C78H86O8P2/c1-5-9-17-37-57-61-41-63-58(38-18-10-6-2)65-43-67-60(40-20-12-8-4)68-44-66-59(39-19-11-7-3)64-42-62(57)72-46-74(64)82-51-84-76(66)70(48-88(55-33-25-15-26-34-55)56-35-27-16-28-36-56)78(68)86-52-85-77(67)69(75(65)83-50-81-73(63)45-71(61)79-49-80-72)47-87(53-29-21-13-22-30-53)54-31-23-14-24-32-54/h13-16,21-36,41-46,57-60H,5-12,17-20,37-40,47-52H2,1-4H3. The summed E-state index contributed by atoms with van der Waals surface area (Å²) in [5, 5.41) is 5.21. The Morgan fingerprint density at radius 2 is 0.523 bits per heavy atom. The van der Waals surface area contributed by atoms with Crippen molar-refractivity contribution >= 4 is 37.1 Å². The van der Waals surface area contributed by atoms with Crippen LogP contribution in [0.5, 0.6) is 46.0 Å². The second-order valence-corrected chi connectivity index (χ2v) is 29.0. The number of unbranched alkanes of at least 4 members (excludes halogenated alkanes) is 8. The molecule has 4 aliphatic heterocycles. The van der Waals surface area contributed by atoms with Gasteiger partial charge in [-0.05, 0) is 87.0 Å². The number of rotatable bonds is 24. The molecule has 456 valence electrons. The van der Waals surface area contributed by atoms with Crippen LogP contribution in [-0.4, -0.2) is 27.2 Å². The van der Waals surface area contributed by atoms with E-state index in [1.165, 1.54) is 65.7 Å². The highest BCUT2D eigenvalue weighted by Gasteiger charge is 2.41. The lowest BCUT2D eigenvalue weighted by Crippen LogP contribution is -2.25. The normalized spacial score (nSPS) is 17.5. The first kappa shape index (κ1) is 60.0. The van der Waals surface area contributed by atoms with Gasteiger partial charge in [-0.3, -0.25) is 0 Å². The Bertz CT molecular complexity index is 3340. The monoisotopic (exact) mass is 1210 g/mol. The van der Waals surface area contributed by atoms with Gasteiger partial charge in [0.25, 0.3) is 0 Å². The molecule has 0 saturated carbocycles. The Morgan fingerprint density at radius 3 is 0.807 bits per heavy atom. The summed E-state index contributed by atoms with van der Waals surface area (Å²) in [6.07, 6.45) is 18.0. The van der Waals surface area contributed by atoms with Crippen molar-refractivity contribution in [2.45, 2.75) is 166 Å². The molecular weight excluding hydrogens is 1130 g/mol. The third-order valence-electron chi connectivity index (χ3n) is 19.0. The van der Waals surface area contributed by atoms with Gasteiger partial charge in [-0.2, -0.15) is 0 Å². The van der Waals surface area contributed by atoms with Gasteiger partial charge < -0.3 is 37.9 Å². The first-order chi connectivity index (χ1) is 43.5. The van der Waals surface area contributed by atoms with E-state index < -0.39 is 15.8 Å². The van der Waals surface area contributed by atoms with Gasteiger partial charge >= 0.3 is 0 Å². The van der Waals surface area contributed by atoms with E-state index in [4.69, 9.17) is 37.9 Å². The summed E-state index contributed by atoms with van der Waals surface area (Å²) < 4.78 is 57.5. The highest BCUT2D eigenvalue weighted by atomic mass is 31.1. The molecule has 8 bridgehead atoms. The summed E-state index contributed by atoms with van der Waals surface area (Å²) in [5.74, 6) is 6.35. The molecule has 2 atom stereocenters. The molecule has 5 aliphatic rings. The molecule has 4 heterocycles. The van der Waals surface area contributed by atoms with Crippen molar-refractivity contribution in [1.82, 2.24) is 0 Å². The van der Waals surface area contributed by atoms with Crippen molar-refractivity contribution in [3.63, 3.8) is 0 Å². The molecule has 0 N–H and O–H groups in total. The van der Waals surface area contributed by atoms with Gasteiger partial charge in [-0.15, -0.1) is 0 Å². The van der Waals surface area contributed by atoms with Gasteiger partial charge in [0.1, 0.15) is 46.0 Å². The van der Waals surface area contributed by atoms with Crippen LogP contribution in [0.3, 0.4) is 0 Å². The number of ether oxygens (including phenoxy) is 8. The van der Waals surface area contributed by atoms with Crippen molar-refractivity contribution in [2.75, 3.05) is 27.2 Å². The molecule has 0 aromatic heterocycles. The lowest BCUT2D eigenvalue weighted by atomic mass is 9.75. The van der Waals surface area contributed by atoms with Crippen molar-refractivity contribution in [3.8, 4) is 46.0 Å². The second-order valence-electron chi connectivity index (χ2n) is 24.6. The molecule has 0 saturated heterocycles. The van der Waals surface area contributed by atoms with Crippen LogP contribution in [0.15, 0.2) is 158 Å². The van der Waals surface area contributed by atoms with Gasteiger partial charge in [-0.25, -0.2) is 0 Å². The molecule has 0 radical (unpaired) electrons. The first-order valence-electron chi connectivity index (χ1n) is 33.1. The molecule has 0 spiro atoms. The molecule has 8 aromatic carbocycles. The summed E-state index contributed by atoms with van der Waals surface area (Å²) in [5.41, 5.74) is 11.7. The van der Waals surface area contributed by atoms with Gasteiger partial charge in [0.05, 0.1) is 0 Å². The second kappa shape index (κ2) is 28.2. The maximum atomic E-state index is 7.53. The summed E-state index contributed by atoms with van der Waals surface area (Å²) in [7, 11) is -1.95. The maximum absolute atomic E-state index is 7.53. The summed E-state index contributed by atoms with van der Waals surface area (Å²) in [6, 6.07) is 59.0. The minimum atomic E-state index is -0.974. The Kier molecular flexibility index (Phi) is 19.2. The molecule has 8 nitrogen and oxygen atoms in total. The van der Waals surface area contributed by atoms with Gasteiger partial charge in [0.2, 0.25) is 27.2 Å². The average Bonchev–Trinajstić information content (AvgIpc) is 0.894. The van der Waals surface area contributed by atoms with E-state index in [9.17, 15) is 0 Å². The van der Waals surface area contributed by atoms with Crippen LogP contribution in [0.1, 0.15) is 210 Å². The molecule has 88 heavy (non-hydrogen) atoms. The van der Waals surface area contributed by atoms with E-state index in [0.29, 0.717) is 12.3 Å². The SMILES string of the molecule is CCCCCC1c2cc3c4cc2OCOc2cc5c(cc21)C(CCCCC)c1cc2c(c(CP(c6ccccc6)c6ccccc6)c1OCO5)OCOc1c(cc(c(c1CP(c1ccccc1)c1ccccc1)OCO4)C3CCCCC)C2CCCCC. The third-order valence-corrected chi connectivity index (χ3v) is 24.0. The van der Waals surface area contributed by atoms with Crippen LogP contribution >= 0.6 is 15.8 Å². The first-order valence-corrected chi connectivity index (χ1v) is 36.1. The van der Waals surface area contributed by atoms with E-state index in [-0.39, 0.29) is 50.8 Å². The lowest BCUT2D eigenvalue weighted by Gasteiger charge is -2.37. The molecule has 10 heteroatoms. The van der Waals surface area contributed by atoms with Crippen molar-refractivity contribution in [2.24, 2.45) is 0 Å². The van der Waals surface area contributed by atoms with E-state index in [1.807, 2.05) is 0 Å². The van der Waals surface area contributed by atoms with E-state index in [2.05, 4.69) is 185 Å². The van der Waals surface area contributed by atoms with Crippen molar-refractivity contribution < 1.29 is 37.9 Å². The summed E-state index contributed by atoms with van der Waals surface area (Å²) in [6.45, 7) is 9.32. The van der Waals surface area contributed by atoms with E-state index >= 15 is 0 Å². The smallest absolute Gasteiger partial charge is 0.230 e. The van der Waals surface area contributed by atoms with Crippen LogP contribution in [0.4, 0.5) is 0 Å². The zero-order chi connectivity index (χ0) is 59.8. The van der Waals surface area contributed by atoms with Crippen molar-refractivity contribution in [3.05, 3.63) is 213 Å². The Labute approximate surface area is 525 Å².